The molecule has 2 N–H and O–H groups in total. The average Bonchev–Trinajstić information content (AvgIpc) is 2.90. The van der Waals surface area contributed by atoms with Gasteiger partial charge >= 0.3 is 6.36 Å². The zero-order chi connectivity index (χ0) is 16.4. The average molecular weight is 365 g/mol. The number of ether oxygens (including phenoxy) is 1. The highest BCUT2D eigenvalue weighted by molar-refractivity contribution is 5.95. The number of amides is 1. The van der Waals surface area contributed by atoms with Crippen LogP contribution in [0.5, 0.6) is 5.75 Å². The van der Waals surface area contributed by atoms with Gasteiger partial charge in [0.25, 0.3) is 0 Å². The third kappa shape index (κ3) is 4.77. The van der Waals surface area contributed by atoms with Gasteiger partial charge in [0.15, 0.2) is 0 Å². The molecule has 134 valence electrons. The second-order valence-corrected chi connectivity index (χ2v) is 6.17. The molecule has 0 radical (unpaired) electrons. The smallest absolute Gasteiger partial charge is 0.406 e. The van der Waals surface area contributed by atoms with Gasteiger partial charge in [0, 0.05) is 17.8 Å². The van der Waals surface area contributed by atoms with Crippen molar-refractivity contribution in [2.45, 2.75) is 50.6 Å². The molecule has 2 fully saturated rings. The van der Waals surface area contributed by atoms with Crippen LogP contribution in [0.2, 0.25) is 0 Å². The van der Waals surface area contributed by atoms with Crippen molar-refractivity contribution >= 4 is 24.0 Å². The molecule has 3 atom stereocenters. The van der Waals surface area contributed by atoms with Gasteiger partial charge in [-0.15, -0.1) is 25.6 Å². The predicted molar refractivity (Wildman–Crippen MR) is 86.3 cm³/mol. The molecule has 0 bridgehead atoms. The van der Waals surface area contributed by atoms with Crippen molar-refractivity contribution in [2.75, 3.05) is 5.32 Å². The van der Waals surface area contributed by atoms with E-state index in [-0.39, 0.29) is 30.1 Å². The quantitative estimate of drug-likeness (QED) is 0.856. The molecular weight excluding hydrogens is 345 g/mol. The van der Waals surface area contributed by atoms with Gasteiger partial charge in [0.2, 0.25) is 5.91 Å². The zero-order valence-electron chi connectivity index (χ0n) is 12.9. The standard InChI is InChI=1S/C16H19F3N2O2.ClH/c17-16(18,19)23-12-6-3-5-11(9-12)20-15(22)14-8-10-4-1-2-7-13(10)21-14;/h3,5-6,9-10,13-14,21H,1-2,4,7-8H2,(H,20,22);1H. The second kappa shape index (κ2) is 7.61. The topological polar surface area (TPSA) is 50.4 Å². The van der Waals surface area contributed by atoms with E-state index in [1.54, 1.807) is 6.07 Å². The van der Waals surface area contributed by atoms with Crippen molar-refractivity contribution in [3.8, 4) is 5.75 Å². The monoisotopic (exact) mass is 364 g/mol. The summed E-state index contributed by atoms with van der Waals surface area (Å²) < 4.78 is 40.6. The van der Waals surface area contributed by atoms with Crippen LogP contribution in [0.3, 0.4) is 0 Å². The van der Waals surface area contributed by atoms with Crippen LogP contribution in [0.4, 0.5) is 18.9 Å². The first kappa shape index (κ1) is 18.9. The van der Waals surface area contributed by atoms with Crippen molar-refractivity contribution in [2.24, 2.45) is 5.92 Å². The van der Waals surface area contributed by atoms with Crippen LogP contribution in [0.25, 0.3) is 0 Å². The second-order valence-electron chi connectivity index (χ2n) is 6.17. The number of nitrogens with one attached hydrogen (secondary N) is 2. The van der Waals surface area contributed by atoms with Crippen LogP contribution < -0.4 is 15.4 Å². The SMILES string of the molecule is Cl.O=C(Nc1cccc(OC(F)(F)F)c1)C1CC2CCCCC2N1. The minimum Gasteiger partial charge on any atom is -0.406 e. The summed E-state index contributed by atoms with van der Waals surface area (Å²) in [6, 6.07) is 5.44. The molecular formula is C16H20ClF3N2O2. The molecule has 4 nitrogen and oxygen atoms in total. The lowest BCUT2D eigenvalue weighted by Crippen LogP contribution is -2.39. The largest absolute Gasteiger partial charge is 0.573 e. The number of carbonyl (C=O) groups excluding carboxylic acids is 1. The molecule has 24 heavy (non-hydrogen) atoms. The van der Waals surface area contributed by atoms with E-state index in [0.29, 0.717) is 17.6 Å². The Balaban J connectivity index is 0.00000208. The van der Waals surface area contributed by atoms with Crippen LogP contribution in [0.15, 0.2) is 24.3 Å². The van der Waals surface area contributed by atoms with Crippen LogP contribution in [0, 0.1) is 5.92 Å². The lowest BCUT2D eigenvalue weighted by molar-refractivity contribution is -0.274. The summed E-state index contributed by atoms with van der Waals surface area (Å²) in [5.41, 5.74) is 0.299. The normalized spacial score (nSPS) is 26.2. The van der Waals surface area contributed by atoms with E-state index in [1.165, 1.54) is 31.0 Å². The highest BCUT2D eigenvalue weighted by Crippen LogP contribution is 2.33. The summed E-state index contributed by atoms with van der Waals surface area (Å²) in [5, 5.41) is 6.01. The number of hydrogen-bond acceptors (Lipinski definition) is 3. The number of hydrogen-bond donors (Lipinski definition) is 2. The minimum atomic E-state index is -4.74. The van der Waals surface area contributed by atoms with Gasteiger partial charge in [-0.1, -0.05) is 18.9 Å². The maximum atomic E-state index is 12.3. The van der Waals surface area contributed by atoms with Gasteiger partial charge in [-0.2, -0.15) is 0 Å². The Labute approximate surface area is 144 Å². The summed E-state index contributed by atoms with van der Waals surface area (Å²) in [6.45, 7) is 0. The third-order valence-electron chi connectivity index (χ3n) is 4.51. The van der Waals surface area contributed by atoms with Gasteiger partial charge in [-0.25, -0.2) is 0 Å². The lowest BCUT2D eigenvalue weighted by atomic mass is 9.85. The number of fused-ring (bicyclic) bond motifs is 1. The highest BCUT2D eigenvalue weighted by atomic mass is 35.5. The number of benzene rings is 1. The molecule has 0 spiro atoms. The Morgan fingerprint density at radius 1 is 1.25 bits per heavy atom. The first-order valence-electron chi connectivity index (χ1n) is 7.83. The van der Waals surface area contributed by atoms with Crippen molar-refractivity contribution in [1.29, 1.82) is 0 Å². The Kier molecular flexibility index (Phi) is 5.98. The van der Waals surface area contributed by atoms with Crippen molar-refractivity contribution in [3.63, 3.8) is 0 Å². The van der Waals surface area contributed by atoms with E-state index >= 15 is 0 Å². The Hall–Kier alpha value is -1.47. The molecule has 1 saturated carbocycles. The predicted octanol–water partition coefficient (Wildman–Crippen LogP) is 3.87. The van der Waals surface area contributed by atoms with Gasteiger partial charge in [-0.3, -0.25) is 4.79 Å². The van der Waals surface area contributed by atoms with E-state index in [2.05, 4.69) is 15.4 Å². The molecule has 8 heteroatoms. The molecule has 1 saturated heterocycles. The summed E-state index contributed by atoms with van der Waals surface area (Å²) >= 11 is 0. The van der Waals surface area contributed by atoms with E-state index in [0.717, 1.165) is 19.3 Å². The van der Waals surface area contributed by atoms with Gasteiger partial charge in [0.1, 0.15) is 5.75 Å². The molecule has 1 heterocycles. The minimum absolute atomic E-state index is 0. The van der Waals surface area contributed by atoms with Crippen molar-refractivity contribution in [3.05, 3.63) is 24.3 Å². The highest BCUT2D eigenvalue weighted by Gasteiger charge is 2.38. The zero-order valence-corrected chi connectivity index (χ0v) is 13.8. The van der Waals surface area contributed by atoms with Crippen molar-refractivity contribution < 1.29 is 22.7 Å². The van der Waals surface area contributed by atoms with E-state index in [4.69, 9.17) is 0 Å². The van der Waals surface area contributed by atoms with Crippen LogP contribution in [0.1, 0.15) is 32.1 Å². The first-order valence-corrected chi connectivity index (χ1v) is 7.83. The van der Waals surface area contributed by atoms with Crippen LogP contribution in [-0.2, 0) is 4.79 Å². The Morgan fingerprint density at radius 3 is 2.71 bits per heavy atom. The Morgan fingerprint density at radius 2 is 2.00 bits per heavy atom. The van der Waals surface area contributed by atoms with Crippen molar-refractivity contribution in [1.82, 2.24) is 5.32 Å². The van der Waals surface area contributed by atoms with E-state index < -0.39 is 6.36 Å². The summed E-state index contributed by atoms with van der Waals surface area (Å²) in [7, 11) is 0. The molecule has 1 aliphatic heterocycles. The van der Waals surface area contributed by atoms with E-state index in [9.17, 15) is 18.0 Å². The molecule has 1 aromatic rings. The fraction of sp³-hybridized carbons (Fsp3) is 0.562. The van der Waals surface area contributed by atoms with Gasteiger partial charge in [0.05, 0.1) is 6.04 Å². The van der Waals surface area contributed by atoms with Crippen LogP contribution in [-0.4, -0.2) is 24.4 Å². The van der Waals surface area contributed by atoms with Crippen LogP contribution >= 0.6 is 12.4 Å². The summed E-state index contributed by atoms with van der Waals surface area (Å²) in [4.78, 5) is 12.3. The maximum absolute atomic E-state index is 12.3. The fourth-order valence-corrected chi connectivity index (χ4v) is 3.52. The number of rotatable bonds is 3. The number of alkyl halides is 3. The summed E-state index contributed by atoms with van der Waals surface area (Å²) in [6.07, 6.45) is 0.646. The molecule has 1 aliphatic carbocycles. The fourth-order valence-electron chi connectivity index (χ4n) is 3.52. The molecule has 3 unspecified atom stereocenters. The maximum Gasteiger partial charge on any atom is 0.573 e. The number of halogens is 4. The first-order chi connectivity index (χ1) is 10.9. The number of carbonyl (C=O) groups is 1. The number of anilines is 1. The molecule has 2 aliphatic rings. The summed E-state index contributed by atoms with van der Waals surface area (Å²) in [5.74, 6) is -0.0219. The molecule has 3 rings (SSSR count). The molecule has 0 aromatic heterocycles. The van der Waals surface area contributed by atoms with E-state index in [1.807, 2.05) is 0 Å². The van der Waals surface area contributed by atoms with Gasteiger partial charge in [-0.05, 0) is 37.3 Å². The van der Waals surface area contributed by atoms with Gasteiger partial charge < -0.3 is 15.4 Å². The lowest BCUT2D eigenvalue weighted by Gasteiger charge is -2.24. The Bertz CT molecular complexity index is 569. The molecule has 1 aromatic carbocycles. The third-order valence-corrected chi connectivity index (χ3v) is 4.51. The molecule has 1 amide bonds.